The van der Waals surface area contributed by atoms with Crippen molar-refractivity contribution in [2.75, 3.05) is 17.1 Å². The second kappa shape index (κ2) is 8.91. The fraction of sp³-hybridized carbons (Fsp3) is 0.0500. The van der Waals surface area contributed by atoms with E-state index in [0.29, 0.717) is 0 Å². The maximum Gasteiger partial charge on any atom is 0.262 e. The second-order valence-corrected chi connectivity index (χ2v) is 8.47. The van der Waals surface area contributed by atoms with Crippen molar-refractivity contribution in [1.29, 1.82) is 0 Å². The first-order valence-electron chi connectivity index (χ1n) is 8.43. The van der Waals surface area contributed by atoms with Gasteiger partial charge in [0.05, 0.1) is 39.0 Å². The van der Waals surface area contributed by atoms with Gasteiger partial charge in [0.25, 0.3) is 15.9 Å². The summed E-state index contributed by atoms with van der Waals surface area (Å²) in [6.45, 7) is 0. The molecule has 0 aliphatic carbocycles. The van der Waals surface area contributed by atoms with E-state index in [2.05, 4.69) is 10.0 Å². The zero-order chi connectivity index (χ0) is 21.9. The van der Waals surface area contributed by atoms with Crippen LogP contribution >= 0.6 is 23.2 Å². The van der Waals surface area contributed by atoms with Crippen LogP contribution in [0.3, 0.4) is 0 Å². The van der Waals surface area contributed by atoms with Gasteiger partial charge in [0, 0.05) is 0 Å². The number of halogens is 3. The highest BCUT2D eigenvalue weighted by Gasteiger charge is 2.20. The van der Waals surface area contributed by atoms with Crippen LogP contribution in [0.4, 0.5) is 15.8 Å². The highest BCUT2D eigenvalue weighted by molar-refractivity contribution is 7.92. The SMILES string of the molecule is COc1ccc(S(=O)(=O)Nc2cccc(Cl)c2Cl)cc1NC(=O)c1ccccc1F. The normalized spacial score (nSPS) is 11.1. The zero-order valence-electron chi connectivity index (χ0n) is 15.4. The van der Waals surface area contributed by atoms with E-state index in [1.165, 1.54) is 55.6 Å². The molecule has 0 unspecified atom stereocenters. The number of carbonyl (C=O) groups is 1. The van der Waals surface area contributed by atoms with Gasteiger partial charge < -0.3 is 10.1 Å². The average Bonchev–Trinajstić information content (AvgIpc) is 2.71. The van der Waals surface area contributed by atoms with Crippen LogP contribution in [0.15, 0.2) is 65.6 Å². The Morgan fingerprint density at radius 3 is 2.43 bits per heavy atom. The number of anilines is 2. The smallest absolute Gasteiger partial charge is 0.262 e. The van der Waals surface area contributed by atoms with Gasteiger partial charge in [-0.1, -0.05) is 41.4 Å². The topological polar surface area (TPSA) is 84.5 Å². The lowest BCUT2D eigenvalue weighted by Crippen LogP contribution is -2.16. The van der Waals surface area contributed by atoms with Gasteiger partial charge >= 0.3 is 0 Å². The third-order valence-corrected chi connectivity index (χ3v) is 6.23. The molecule has 156 valence electrons. The Labute approximate surface area is 182 Å². The first-order chi connectivity index (χ1) is 14.2. The number of methoxy groups -OCH3 is 1. The molecule has 2 N–H and O–H groups in total. The molecular formula is C20H15Cl2FN2O4S. The quantitative estimate of drug-likeness (QED) is 0.520. The summed E-state index contributed by atoms with van der Waals surface area (Å²) in [6.07, 6.45) is 0. The summed E-state index contributed by atoms with van der Waals surface area (Å²) < 4.78 is 47.0. The van der Waals surface area contributed by atoms with Gasteiger partial charge in [-0.2, -0.15) is 0 Å². The largest absolute Gasteiger partial charge is 0.495 e. The lowest BCUT2D eigenvalue weighted by atomic mass is 10.2. The number of benzene rings is 3. The van der Waals surface area contributed by atoms with Crippen molar-refractivity contribution in [2.45, 2.75) is 4.90 Å². The minimum atomic E-state index is -4.08. The van der Waals surface area contributed by atoms with Crippen LogP contribution in [0.25, 0.3) is 0 Å². The van der Waals surface area contributed by atoms with E-state index in [0.717, 1.165) is 6.07 Å². The molecule has 30 heavy (non-hydrogen) atoms. The molecule has 3 rings (SSSR count). The number of amides is 1. The summed E-state index contributed by atoms with van der Waals surface area (Å²) in [4.78, 5) is 12.3. The van der Waals surface area contributed by atoms with Crippen molar-refractivity contribution < 1.29 is 22.3 Å². The Kier molecular flexibility index (Phi) is 6.50. The molecule has 3 aromatic rings. The van der Waals surface area contributed by atoms with E-state index in [1.54, 1.807) is 6.07 Å². The summed E-state index contributed by atoms with van der Waals surface area (Å²) in [5, 5.41) is 2.70. The maximum absolute atomic E-state index is 13.9. The Balaban J connectivity index is 1.94. The lowest BCUT2D eigenvalue weighted by Gasteiger charge is -2.14. The minimum absolute atomic E-state index is 0.0457. The molecule has 3 aromatic carbocycles. The summed E-state index contributed by atoms with van der Waals surface area (Å²) in [7, 11) is -2.73. The molecule has 0 fully saturated rings. The average molecular weight is 469 g/mol. The first kappa shape index (κ1) is 21.9. The molecule has 0 heterocycles. The second-order valence-electron chi connectivity index (χ2n) is 6.00. The molecule has 1 amide bonds. The van der Waals surface area contributed by atoms with E-state index in [9.17, 15) is 17.6 Å². The number of hydrogen-bond donors (Lipinski definition) is 2. The number of hydrogen-bond acceptors (Lipinski definition) is 4. The number of ether oxygens (including phenoxy) is 1. The van der Waals surface area contributed by atoms with Crippen LogP contribution in [0.2, 0.25) is 10.0 Å². The van der Waals surface area contributed by atoms with E-state index in [1.807, 2.05) is 0 Å². The predicted octanol–water partition coefficient (Wildman–Crippen LogP) is 5.19. The van der Waals surface area contributed by atoms with Gasteiger partial charge in [-0.3, -0.25) is 9.52 Å². The fourth-order valence-corrected chi connectivity index (χ4v) is 4.07. The molecule has 0 atom stereocenters. The number of sulfonamides is 1. The number of rotatable bonds is 6. The minimum Gasteiger partial charge on any atom is -0.495 e. The lowest BCUT2D eigenvalue weighted by molar-refractivity contribution is 0.102. The van der Waals surface area contributed by atoms with Gasteiger partial charge in [0.15, 0.2) is 0 Å². The van der Waals surface area contributed by atoms with Gasteiger partial charge in [0.2, 0.25) is 0 Å². The Morgan fingerprint density at radius 1 is 1.00 bits per heavy atom. The molecular weight excluding hydrogens is 454 g/mol. The molecule has 0 aliphatic rings. The first-order valence-corrected chi connectivity index (χ1v) is 10.7. The molecule has 0 aromatic heterocycles. The molecule has 0 saturated carbocycles. The number of nitrogens with one attached hydrogen (secondary N) is 2. The van der Waals surface area contributed by atoms with Crippen LogP contribution in [0.5, 0.6) is 5.75 Å². The summed E-state index contributed by atoms with van der Waals surface area (Å²) >= 11 is 12.0. The van der Waals surface area contributed by atoms with Gasteiger partial charge in [0.1, 0.15) is 11.6 Å². The van der Waals surface area contributed by atoms with Crippen molar-refractivity contribution in [2.24, 2.45) is 0 Å². The fourth-order valence-electron chi connectivity index (χ4n) is 2.57. The van der Waals surface area contributed by atoms with Crippen LogP contribution in [-0.4, -0.2) is 21.4 Å². The predicted molar refractivity (Wildman–Crippen MR) is 115 cm³/mol. The van der Waals surface area contributed by atoms with E-state index >= 15 is 0 Å². The monoisotopic (exact) mass is 468 g/mol. The van der Waals surface area contributed by atoms with Crippen molar-refractivity contribution in [3.8, 4) is 5.75 Å². The summed E-state index contributed by atoms with van der Waals surface area (Å²) in [5.74, 6) is -1.28. The Morgan fingerprint density at radius 2 is 1.73 bits per heavy atom. The highest BCUT2D eigenvalue weighted by atomic mass is 35.5. The van der Waals surface area contributed by atoms with E-state index in [4.69, 9.17) is 27.9 Å². The third kappa shape index (κ3) is 4.67. The van der Waals surface area contributed by atoms with Crippen molar-refractivity contribution >= 4 is 50.5 Å². The molecule has 10 heteroatoms. The summed E-state index contributed by atoms with van der Waals surface area (Å²) in [5.41, 5.74) is -0.0561. The zero-order valence-corrected chi connectivity index (χ0v) is 17.8. The van der Waals surface area contributed by atoms with Crippen LogP contribution in [-0.2, 0) is 10.0 Å². The Bertz CT molecular complexity index is 1220. The summed E-state index contributed by atoms with van der Waals surface area (Å²) in [6, 6.07) is 13.8. The molecule has 0 spiro atoms. The highest BCUT2D eigenvalue weighted by Crippen LogP contribution is 2.33. The van der Waals surface area contributed by atoms with Gasteiger partial charge in [-0.15, -0.1) is 0 Å². The van der Waals surface area contributed by atoms with Crippen LogP contribution in [0.1, 0.15) is 10.4 Å². The van der Waals surface area contributed by atoms with Crippen molar-refractivity contribution in [3.63, 3.8) is 0 Å². The van der Waals surface area contributed by atoms with E-state index in [-0.39, 0.29) is 37.6 Å². The third-order valence-electron chi connectivity index (χ3n) is 4.04. The maximum atomic E-state index is 13.9. The molecule has 0 aliphatic heterocycles. The standard InChI is InChI=1S/C20H15Cl2FN2O4S/c1-29-18-10-9-12(30(27,28)25-16-8-4-6-14(21)19(16)22)11-17(18)24-20(26)13-5-2-3-7-15(13)23/h2-11,25H,1H3,(H,24,26). The molecule has 0 bridgehead atoms. The van der Waals surface area contributed by atoms with Gasteiger partial charge in [-0.25, -0.2) is 12.8 Å². The molecule has 6 nitrogen and oxygen atoms in total. The number of carbonyl (C=O) groups excluding carboxylic acids is 1. The van der Waals surface area contributed by atoms with Crippen molar-refractivity contribution in [3.05, 3.63) is 82.1 Å². The molecule has 0 saturated heterocycles. The van der Waals surface area contributed by atoms with Crippen molar-refractivity contribution in [1.82, 2.24) is 0 Å². The van der Waals surface area contributed by atoms with E-state index < -0.39 is 21.7 Å². The van der Waals surface area contributed by atoms with Crippen LogP contribution < -0.4 is 14.8 Å². The Hall–Kier alpha value is -2.81. The van der Waals surface area contributed by atoms with Gasteiger partial charge in [-0.05, 0) is 42.5 Å². The molecule has 0 radical (unpaired) electrons. The van der Waals surface area contributed by atoms with Crippen LogP contribution in [0, 0.1) is 5.82 Å².